The first-order valence-electron chi connectivity index (χ1n) is 5.46. The van der Waals surface area contributed by atoms with E-state index >= 15 is 0 Å². The number of amides is 1. The maximum Gasteiger partial charge on any atom is 0.228 e. The molecule has 5 heteroatoms. The Hall–Kier alpha value is -1.07. The molecule has 1 unspecified atom stereocenters. The van der Waals surface area contributed by atoms with Gasteiger partial charge in [0, 0.05) is 17.2 Å². The minimum atomic E-state index is 0.0682. The molecule has 0 saturated carbocycles. The Labute approximate surface area is 110 Å². The van der Waals surface area contributed by atoms with Gasteiger partial charge in [-0.05, 0) is 24.3 Å². The molecular formula is C12H14N2OS2. The Balaban J connectivity index is 2.12. The Morgan fingerprint density at radius 1 is 1.47 bits per heavy atom. The lowest BCUT2D eigenvalue weighted by molar-refractivity contribution is -0.119. The number of rotatable bonds is 3. The zero-order valence-electron chi connectivity index (χ0n) is 9.31. The lowest BCUT2D eigenvalue weighted by atomic mass is 10.1. The highest BCUT2D eigenvalue weighted by Gasteiger charge is 2.23. The molecule has 0 aliphatic carbocycles. The average Bonchev–Trinajstić information content (AvgIpc) is 2.83. The zero-order chi connectivity index (χ0) is 12.3. The quantitative estimate of drug-likeness (QED) is 0.822. The summed E-state index contributed by atoms with van der Waals surface area (Å²) in [5.41, 5.74) is 7.05. The number of carbonyl (C=O) groups is 1. The van der Waals surface area contributed by atoms with Gasteiger partial charge in [0.05, 0.1) is 5.69 Å². The number of thioether (sulfide) groups is 1. The summed E-state index contributed by atoms with van der Waals surface area (Å²) in [5, 5.41) is 2.91. The second-order valence-corrected chi connectivity index (χ2v) is 5.55. The molecule has 90 valence electrons. The first-order valence-corrected chi connectivity index (χ1v) is 7.02. The largest absolute Gasteiger partial charge is 0.389 e. The number of nitrogens with one attached hydrogen (secondary N) is 1. The van der Waals surface area contributed by atoms with Crippen LogP contribution < -0.4 is 11.1 Å². The fourth-order valence-corrected chi connectivity index (χ4v) is 3.18. The van der Waals surface area contributed by atoms with Crippen molar-refractivity contribution in [2.45, 2.75) is 6.42 Å². The number of carbonyl (C=O) groups excluding carboxylic acids is 1. The number of para-hydroxylation sites is 1. The van der Waals surface area contributed by atoms with E-state index < -0.39 is 0 Å². The molecule has 1 atom stereocenters. The maximum atomic E-state index is 12.0. The van der Waals surface area contributed by atoms with Gasteiger partial charge in [-0.1, -0.05) is 24.4 Å². The summed E-state index contributed by atoms with van der Waals surface area (Å²) in [7, 11) is 0. The lowest BCUT2D eigenvalue weighted by Crippen LogP contribution is -2.24. The van der Waals surface area contributed by atoms with E-state index in [1.54, 1.807) is 0 Å². The van der Waals surface area contributed by atoms with Gasteiger partial charge in [0.15, 0.2) is 0 Å². The van der Waals surface area contributed by atoms with Crippen LogP contribution in [0.15, 0.2) is 24.3 Å². The number of hydrogen-bond donors (Lipinski definition) is 2. The summed E-state index contributed by atoms with van der Waals surface area (Å²) in [5.74, 6) is 2.15. The number of nitrogens with two attached hydrogens (primary N) is 1. The molecule has 0 radical (unpaired) electrons. The van der Waals surface area contributed by atoms with Crippen LogP contribution in [-0.2, 0) is 4.79 Å². The fraction of sp³-hybridized carbons (Fsp3) is 0.333. The molecule has 1 aliphatic rings. The molecule has 3 N–H and O–H groups in total. The number of anilines is 1. The molecule has 2 rings (SSSR count). The molecule has 3 nitrogen and oxygen atoms in total. The third-order valence-electron chi connectivity index (χ3n) is 2.75. The molecule has 1 saturated heterocycles. The molecule has 0 bridgehead atoms. The van der Waals surface area contributed by atoms with E-state index in [4.69, 9.17) is 18.0 Å². The van der Waals surface area contributed by atoms with Crippen molar-refractivity contribution in [2.24, 2.45) is 11.7 Å². The van der Waals surface area contributed by atoms with Crippen LogP contribution in [0.2, 0.25) is 0 Å². The monoisotopic (exact) mass is 266 g/mol. The molecule has 0 spiro atoms. The van der Waals surface area contributed by atoms with E-state index in [0.29, 0.717) is 10.7 Å². The van der Waals surface area contributed by atoms with Crippen LogP contribution in [-0.4, -0.2) is 22.4 Å². The van der Waals surface area contributed by atoms with E-state index in [-0.39, 0.29) is 11.8 Å². The predicted molar refractivity (Wildman–Crippen MR) is 76.4 cm³/mol. The third kappa shape index (κ3) is 2.98. The van der Waals surface area contributed by atoms with Crippen molar-refractivity contribution < 1.29 is 4.79 Å². The molecular weight excluding hydrogens is 252 g/mol. The Morgan fingerprint density at radius 2 is 2.24 bits per heavy atom. The smallest absolute Gasteiger partial charge is 0.228 e. The lowest BCUT2D eigenvalue weighted by Gasteiger charge is -2.12. The van der Waals surface area contributed by atoms with Crippen molar-refractivity contribution >= 4 is 40.6 Å². The summed E-state index contributed by atoms with van der Waals surface area (Å²) in [6.07, 6.45) is 0.950. The highest BCUT2D eigenvalue weighted by molar-refractivity contribution is 7.99. The van der Waals surface area contributed by atoms with Crippen molar-refractivity contribution in [3.8, 4) is 0 Å². The standard InChI is InChI=1S/C12H14N2OS2/c13-11(16)9-3-1-2-4-10(9)14-12(15)8-5-6-17-7-8/h1-4,8H,5-7H2,(H2,13,16)(H,14,15). The normalized spacial score (nSPS) is 18.9. The van der Waals surface area contributed by atoms with Crippen LogP contribution in [0.5, 0.6) is 0 Å². The summed E-state index contributed by atoms with van der Waals surface area (Å²) in [6.45, 7) is 0. The van der Waals surface area contributed by atoms with Crippen LogP contribution in [0.25, 0.3) is 0 Å². The van der Waals surface area contributed by atoms with Crippen molar-refractivity contribution in [1.29, 1.82) is 0 Å². The van der Waals surface area contributed by atoms with Gasteiger partial charge in [-0.3, -0.25) is 4.79 Å². The van der Waals surface area contributed by atoms with Gasteiger partial charge >= 0.3 is 0 Å². The number of thiocarbonyl (C=S) groups is 1. The van der Waals surface area contributed by atoms with Gasteiger partial charge in [0.1, 0.15) is 4.99 Å². The van der Waals surface area contributed by atoms with E-state index in [0.717, 1.165) is 23.5 Å². The molecule has 1 aromatic rings. The van der Waals surface area contributed by atoms with E-state index in [1.165, 1.54) is 0 Å². The third-order valence-corrected chi connectivity index (χ3v) is 4.13. The number of hydrogen-bond acceptors (Lipinski definition) is 3. The molecule has 1 heterocycles. The van der Waals surface area contributed by atoms with Gasteiger partial charge in [-0.15, -0.1) is 0 Å². The van der Waals surface area contributed by atoms with E-state index in [9.17, 15) is 4.79 Å². The van der Waals surface area contributed by atoms with Crippen molar-refractivity contribution in [1.82, 2.24) is 0 Å². The topological polar surface area (TPSA) is 55.1 Å². The summed E-state index contributed by atoms with van der Waals surface area (Å²) >= 11 is 6.78. The van der Waals surface area contributed by atoms with Crippen LogP contribution in [0.3, 0.4) is 0 Å². The highest BCUT2D eigenvalue weighted by Crippen LogP contribution is 2.25. The first-order chi connectivity index (χ1) is 8.18. The Kier molecular flexibility index (Phi) is 4.02. The van der Waals surface area contributed by atoms with Gasteiger partial charge in [-0.25, -0.2) is 0 Å². The van der Waals surface area contributed by atoms with Gasteiger partial charge in [-0.2, -0.15) is 11.8 Å². The Bertz CT molecular complexity index is 442. The van der Waals surface area contributed by atoms with Crippen molar-refractivity contribution in [2.75, 3.05) is 16.8 Å². The minimum absolute atomic E-state index is 0.0682. The van der Waals surface area contributed by atoms with Crippen molar-refractivity contribution in [3.63, 3.8) is 0 Å². The van der Waals surface area contributed by atoms with Gasteiger partial charge in [0.25, 0.3) is 0 Å². The first kappa shape index (κ1) is 12.4. The molecule has 1 aliphatic heterocycles. The molecule has 1 fully saturated rings. The summed E-state index contributed by atoms with van der Waals surface area (Å²) in [4.78, 5) is 12.3. The van der Waals surface area contributed by atoms with Crippen LogP contribution in [0, 0.1) is 5.92 Å². The van der Waals surface area contributed by atoms with Gasteiger partial charge < -0.3 is 11.1 Å². The molecule has 1 amide bonds. The molecule has 1 aromatic carbocycles. The summed E-state index contributed by atoms with van der Waals surface area (Å²) < 4.78 is 0. The molecule has 17 heavy (non-hydrogen) atoms. The average molecular weight is 266 g/mol. The molecule has 0 aromatic heterocycles. The maximum absolute atomic E-state index is 12.0. The van der Waals surface area contributed by atoms with Crippen LogP contribution in [0.4, 0.5) is 5.69 Å². The number of benzene rings is 1. The van der Waals surface area contributed by atoms with Crippen LogP contribution in [0.1, 0.15) is 12.0 Å². The van der Waals surface area contributed by atoms with Gasteiger partial charge in [0.2, 0.25) is 5.91 Å². The Morgan fingerprint density at radius 3 is 2.88 bits per heavy atom. The highest BCUT2D eigenvalue weighted by atomic mass is 32.2. The second-order valence-electron chi connectivity index (χ2n) is 3.96. The van der Waals surface area contributed by atoms with E-state index in [1.807, 2.05) is 36.0 Å². The SMILES string of the molecule is NC(=S)c1ccccc1NC(=O)C1CCSC1. The second kappa shape index (κ2) is 5.51. The minimum Gasteiger partial charge on any atom is -0.389 e. The fourth-order valence-electron chi connectivity index (χ4n) is 1.78. The van der Waals surface area contributed by atoms with Crippen LogP contribution >= 0.6 is 24.0 Å². The zero-order valence-corrected chi connectivity index (χ0v) is 10.9. The predicted octanol–water partition coefficient (Wildman–Crippen LogP) is 2.01. The summed E-state index contributed by atoms with van der Waals surface area (Å²) in [6, 6.07) is 7.37. The van der Waals surface area contributed by atoms with Crippen molar-refractivity contribution in [3.05, 3.63) is 29.8 Å². The van der Waals surface area contributed by atoms with E-state index in [2.05, 4.69) is 5.32 Å².